The third-order valence-electron chi connectivity index (χ3n) is 4.24. The van der Waals surface area contributed by atoms with Gasteiger partial charge < -0.3 is 20.3 Å². The Bertz CT molecular complexity index is 323. The number of aliphatic hydroxyl groups is 1. The fraction of sp³-hybridized carbons (Fsp3) is 0.929. The highest BCUT2D eigenvalue weighted by atomic mass is 16.6. The first kappa shape index (κ1) is 15.5. The number of hydrogen-bond acceptors (Lipinski definition) is 5. The molecular weight excluding hydrogens is 260 g/mol. The third kappa shape index (κ3) is 3.42. The van der Waals surface area contributed by atoms with Gasteiger partial charge in [-0.15, -0.1) is 0 Å². The lowest BCUT2D eigenvalue weighted by atomic mass is 9.77. The first-order valence-electron chi connectivity index (χ1n) is 7.52. The Morgan fingerprint density at radius 2 is 2.10 bits per heavy atom. The summed E-state index contributed by atoms with van der Waals surface area (Å²) in [7, 11) is 0. The number of fused-ring (bicyclic) bond motifs is 2. The van der Waals surface area contributed by atoms with Crippen LogP contribution in [0, 0.1) is 0 Å². The zero-order valence-electron chi connectivity index (χ0n) is 12.2. The molecule has 0 aromatic carbocycles. The molecule has 116 valence electrons. The number of amides is 1. The van der Waals surface area contributed by atoms with Crippen LogP contribution in [0.25, 0.3) is 0 Å². The summed E-state index contributed by atoms with van der Waals surface area (Å²) in [4.78, 5) is 14.0. The van der Waals surface area contributed by atoms with E-state index in [1.807, 2.05) is 4.90 Å². The second kappa shape index (κ2) is 6.74. The number of carbonyl (C=O) groups excluding carboxylic acids is 1. The summed E-state index contributed by atoms with van der Waals surface area (Å²) < 4.78 is 10.9. The second-order valence-corrected chi connectivity index (χ2v) is 5.96. The van der Waals surface area contributed by atoms with Gasteiger partial charge >= 0.3 is 6.09 Å². The standard InChI is InChI=1S/C14H26N2O4/c1-2-3-6-20-13(18)16-11-7-14(15,4-5-17)8-12(16)10-19-9-11/h11-12,17H,2-10,15H2,1H3. The number of piperidine rings is 1. The summed E-state index contributed by atoms with van der Waals surface area (Å²) in [5, 5.41) is 9.15. The Balaban J connectivity index is 1.99. The molecule has 2 bridgehead atoms. The molecule has 0 radical (unpaired) electrons. The number of unbranched alkanes of at least 4 members (excludes halogenated alkanes) is 1. The van der Waals surface area contributed by atoms with Crippen molar-refractivity contribution in [1.82, 2.24) is 4.90 Å². The van der Waals surface area contributed by atoms with Crippen molar-refractivity contribution in [2.24, 2.45) is 5.73 Å². The van der Waals surface area contributed by atoms with Crippen molar-refractivity contribution in [3.05, 3.63) is 0 Å². The molecule has 20 heavy (non-hydrogen) atoms. The molecule has 0 saturated carbocycles. The molecule has 6 nitrogen and oxygen atoms in total. The predicted octanol–water partition coefficient (Wildman–Crippen LogP) is 0.866. The Morgan fingerprint density at radius 3 is 2.65 bits per heavy atom. The minimum Gasteiger partial charge on any atom is -0.449 e. The zero-order chi connectivity index (χ0) is 14.6. The molecule has 2 unspecified atom stereocenters. The summed E-state index contributed by atoms with van der Waals surface area (Å²) in [6.45, 7) is 3.62. The number of aliphatic hydroxyl groups excluding tert-OH is 1. The van der Waals surface area contributed by atoms with Gasteiger partial charge in [0, 0.05) is 12.1 Å². The number of carbonyl (C=O) groups is 1. The van der Waals surface area contributed by atoms with Gasteiger partial charge in [-0.2, -0.15) is 0 Å². The molecule has 0 aromatic rings. The van der Waals surface area contributed by atoms with Crippen molar-refractivity contribution in [2.45, 2.75) is 56.7 Å². The quantitative estimate of drug-likeness (QED) is 0.732. The molecule has 1 amide bonds. The summed E-state index contributed by atoms with van der Waals surface area (Å²) in [6.07, 6.45) is 3.53. The smallest absolute Gasteiger partial charge is 0.410 e. The van der Waals surface area contributed by atoms with Crippen molar-refractivity contribution in [1.29, 1.82) is 0 Å². The lowest BCUT2D eigenvalue weighted by molar-refractivity contribution is -0.0856. The fourth-order valence-corrected chi connectivity index (χ4v) is 3.24. The lowest BCUT2D eigenvalue weighted by Gasteiger charge is -2.51. The Morgan fingerprint density at radius 1 is 1.45 bits per heavy atom. The van der Waals surface area contributed by atoms with E-state index >= 15 is 0 Å². The van der Waals surface area contributed by atoms with Crippen molar-refractivity contribution < 1.29 is 19.4 Å². The SMILES string of the molecule is CCCCOC(=O)N1C2COCC1CC(N)(CCO)C2. The first-order valence-corrected chi connectivity index (χ1v) is 7.52. The van der Waals surface area contributed by atoms with Gasteiger partial charge in [0.15, 0.2) is 0 Å². The number of ether oxygens (including phenoxy) is 2. The van der Waals surface area contributed by atoms with Gasteiger partial charge in [-0.25, -0.2) is 4.79 Å². The van der Waals surface area contributed by atoms with Crippen LogP contribution in [0.2, 0.25) is 0 Å². The van der Waals surface area contributed by atoms with Crippen molar-refractivity contribution >= 4 is 6.09 Å². The highest BCUT2D eigenvalue weighted by Gasteiger charge is 2.47. The Labute approximate surface area is 120 Å². The normalized spacial score (nSPS) is 33.0. The zero-order valence-corrected chi connectivity index (χ0v) is 12.2. The topological polar surface area (TPSA) is 85.0 Å². The van der Waals surface area contributed by atoms with Crippen LogP contribution < -0.4 is 5.73 Å². The second-order valence-electron chi connectivity index (χ2n) is 5.96. The monoisotopic (exact) mass is 286 g/mol. The van der Waals surface area contributed by atoms with Gasteiger partial charge in [0.05, 0.1) is 31.9 Å². The first-order chi connectivity index (χ1) is 9.59. The van der Waals surface area contributed by atoms with E-state index in [4.69, 9.17) is 20.3 Å². The fourth-order valence-electron chi connectivity index (χ4n) is 3.24. The average Bonchev–Trinajstić information content (AvgIpc) is 2.37. The van der Waals surface area contributed by atoms with Gasteiger partial charge in [0.2, 0.25) is 0 Å². The van der Waals surface area contributed by atoms with Crippen LogP contribution in [0.1, 0.15) is 39.0 Å². The van der Waals surface area contributed by atoms with Crippen LogP contribution in [0.3, 0.4) is 0 Å². The summed E-state index contributed by atoms with van der Waals surface area (Å²) in [6, 6.07) is -0.0682. The molecule has 2 heterocycles. The minimum absolute atomic E-state index is 0.0341. The maximum atomic E-state index is 12.2. The molecule has 6 heteroatoms. The van der Waals surface area contributed by atoms with E-state index < -0.39 is 5.54 Å². The number of rotatable bonds is 5. The Kier molecular flexibility index (Phi) is 5.23. The molecule has 3 N–H and O–H groups in total. The predicted molar refractivity (Wildman–Crippen MR) is 74.3 cm³/mol. The van der Waals surface area contributed by atoms with Gasteiger partial charge in [-0.05, 0) is 25.7 Å². The van der Waals surface area contributed by atoms with E-state index in [1.165, 1.54) is 0 Å². The molecule has 2 saturated heterocycles. The number of nitrogens with zero attached hydrogens (tertiary/aromatic N) is 1. The lowest BCUT2D eigenvalue weighted by Crippen LogP contribution is -2.66. The molecule has 2 fully saturated rings. The highest BCUT2D eigenvalue weighted by Crippen LogP contribution is 2.35. The van der Waals surface area contributed by atoms with E-state index in [1.54, 1.807) is 0 Å². The summed E-state index contributed by atoms with van der Waals surface area (Å²) in [5.41, 5.74) is 5.95. The molecule has 2 rings (SSSR count). The molecular formula is C14H26N2O4. The van der Waals surface area contributed by atoms with Crippen LogP contribution in [0.5, 0.6) is 0 Å². The van der Waals surface area contributed by atoms with Crippen LogP contribution in [-0.4, -0.2) is 60.1 Å². The molecule has 2 aliphatic heterocycles. The number of nitrogens with two attached hydrogens (primary N) is 1. The van der Waals surface area contributed by atoms with Crippen molar-refractivity contribution in [2.75, 3.05) is 26.4 Å². The van der Waals surface area contributed by atoms with Crippen LogP contribution >= 0.6 is 0 Å². The highest BCUT2D eigenvalue weighted by molar-refractivity contribution is 5.69. The van der Waals surface area contributed by atoms with E-state index in [0.29, 0.717) is 39.1 Å². The third-order valence-corrected chi connectivity index (χ3v) is 4.24. The molecule has 2 aliphatic rings. The number of hydrogen-bond donors (Lipinski definition) is 2. The van der Waals surface area contributed by atoms with E-state index in [2.05, 4.69) is 6.92 Å². The maximum absolute atomic E-state index is 12.2. The largest absolute Gasteiger partial charge is 0.449 e. The molecule has 2 atom stereocenters. The maximum Gasteiger partial charge on any atom is 0.410 e. The summed E-state index contributed by atoms with van der Waals surface area (Å²) >= 11 is 0. The van der Waals surface area contributed by atoms with Gasteiger partial charge in [0.1, 0.15) is 0 Å². The van der Waals surface area contributed by atoms with Crippen LogP contribution in [0.15, 0.2) is 0 Å². The Hall–Kier alpha value is -0.850. The van der Waals surface area contributed by atoms with E-state index in [0.717, 1.165) is 12.8 Å². The van der Waals surface area contributed by atoms with Crippen LogP contribution in [-0.2, 0) is 9.47 Å². The molecule has 0 aliphatic carbocycles. The van der Waals surface area contributed by atoms with Gasteiger partial charge in [-0.1, -0.05) is 13.3 Å². The van der Waals surface area contributed by atoms with Gasteiger partial charge in [0.25, 0.3) is 0 Å². The van der Waals surface area contributed by atoms with Gasteiger partial charge in [-0.3, -0.25) is 4.90 Å². The van der Waals surface area contributed by atoms with Crippen molar-refractivity contribution in [3.8, 4) is 0 Å². The molecule has 0 aromatic heterocycles. The van der Waals surface area contributed by atoms with Crippen LogP contribution in [0.4, 0.5) is 4.79 Å². The summed E-state index contributed by atoms with van der Waals surface area (Å²) in [5.74, 6) is 0. The average molecular weight is 286 g/mol. The van der Waals surface area contributed by atoms with Crippen molar-refractivity contribution in [3.63, 3.8) is 0 Å². The number of morpholine rings is 1. The van der Waals surface area contributed by atoms with E-state index in [9.17, 15) is 4.79 Å². The minimum atomic E-state index is -0.395. The van der Waals surface area contributed by atoms with E-state index in [-0.39, 0.29) is 24.8 Å². The molecule has 0 spiro atoms.